The number of aryl methyl sites for hydroxylation is 1. The molecule has 2 aliphatic heterocycles. The van der Waals surface area contributed by atoms with Crippen LogP contribution in [-0.2, 0) is 9.59 Å². The van der Waals surface area contributed by atoms with Gasteiger partial charge in [0.2, 0.25) is 5.91 Å². The summed E-state index contributed by atoms with van der Waals surface area (Å²) in [6, 6.07) is 15.0. The molecule has 1 N–H and O–H groups in total. The number of nitrogens with zero attached hydrogens (tertiary/aromatic N) is 3. The molecule has 0 spiro atoms. The van der Waals surface area contributed by atoms with E-state index >= 15 is 0 Å². The number of aliphatic imine (C=N–C) groups is 2. The summed E-state index contributed by atoms with van der Waals surface area (Å²) < 4.78 is 0. The first-order valence-electron chi connectivity index (χ1n) is 10.7. The zero-order valence-electron chi connectivity index (χ0n) is 18.0. The molecule has 2 amide bonds. The number of para-hydroxylation sites is 2. The fraction of sp³-hybridized carbons (Fsp3) is 0.333. The Morgan fingerprint density at radius 2 is 1.90 bits per heavy atom. The van der Waals surface area contributed by atoms with Crippen molar-refractivity contribution in [1.29, 1.82) is 0 Å². The van der Waals surface area contributed by atoms with Crippen LogP contribution < -0.4 is 5.32 Å². The smallest absolute Gasteiger partial charge is 0.259 e. The van der Waals surface area contributed by atoms with Crippen molar-refractivity contribution in [3.8, 4) is 0 Å². The van der Waals surface area contributed by atoms with Gasteiger partial charge in [0.1, 0.15) is 11.9 Å². The van der Waals surface area contributed by atoms with Gasteiger partial charge in [0.05, 0.1) is 10.9 Å². The predicted molar refractivity (Wildman–Crippen MR) is 127 cm³/mol. The summed E-state index contributed by atoms with van der Waals surface area (Å²) in [5.74, 6) is 0.482. The van der Waals surface area contributed by atoms with Crippen molar-refractivity contribution < 1.29 is 9.59 Å². The van der Waals surface area contributed by atoms with Gasteiger partial charge in [-0.1, -0.05) is 62.4 Å². The van der Waals surface area contributed by atoms with Crippen molar-refractivity contribution in [3.63, 3.8) is 0 Å². The highest BCUT2D eigenvalue weighted by Crippen LogP contribution is 2.36. The Labute approximate surface area is 186 Å². The third-order valence-electron chi connectivity index (χ3n) is 5.42. The second-order valence-corrected chi connectivity index (χ2v) is 8.83. The van der Waals surface area contributed by atoms with E-state index in [1.165, 1.54) is 11.8 Å². The third-order valence-corrected chi connectivity index (χ3v) is 6.74. The van der Waals surface area contributed by atoms with Crippen LogP contribution in [0.15, 0.2) is 58.5 Å². The summed E-state index contributed by atoms with van der Waals surface area (Å²) in [6.45, 7) is 5.98. The summed E-state index contributed by atoms with van der Waals surface area (Å²) in [7, 11) is 0. The molecule has 0 fully saturated rings. The molecule has 2 heterocycles. The zero-order valence-corrected chi connectivity index (χ0v) is 18.8. The standard InChI is InChI=1S/C24H26N4O2S/c1-4-10-19-23(30)28-21(25-19)16-12-7-9-14-18(16)27-24(28)31-20(5-2)22(29)26-17-13-8-6-11-15(17)3/h6-9,11-14,19-20H,4-5,10H2,1-3H3,(H,26,29)/t19-,20-/m0/s1. The molecule has 7 heteroatoms. The van der Waals surface area contributed by atoms with Crippen molar-refractivity contribution in [2.75, 3.05) is 5.32 Å². The molecule has 2 atom stereocenters. The fourth-order valence-electron chi connectivity index (χ4n) is 3.72. The highest BCUT2D eigenvalue weighted by atomic mass is 32.2. The first-order valence-corrected chi connectivity index (χ1v) is 11.5. The molecule has 0 unspecified atom stereocenters. The number of nitrogens with one attached hydrogen (secondary N) is 1. The van der Waals surface area contributed by atoms with E-state index in [1.807, 2.05) is 69.3 Å². The molecule has 0 radical (unpaired) electrons. The van der Waals surface area contributed by atoms with Crippen molar-refractivity contribution in [2.45, 2.75) is 51.3 Å². The lowest BCUT2D eigenvalue weighted by atomic mass is 10.1. The molecule has 2 aliphatic rings. The number of fused-ring (bicyclic) bond motifs is 3. The van der Waals surface area contributed by atoms with Crippen LogP contribution in [0, 0.1) is 6.92 Å². The summed E-state index contributed by atoms with van der Waals surface area (Å²) in [6.07, 6.45) is 2.18. The minimum absolute atomic E-state index is 0.0632. The average molecular weight is 435 g/mol. The van der Waals surface area contributed by atoms with E-state index in [0.29, 0.717) is 23.8 Å². The maximum atomic E-state index is 13.1. The van der Waals surface area contributed by atoms with Crippen LogP contribution >= 0.6 is 11.8 Å². The molecule has 0 saturated carbocycles. The lowest BCUT2D eigenvalue weighted by Gasteiger charge is -2.27. The third kappa shape index (κ3) is 4.14. The van der Waals surface area contributed by atoms with E-state index < -0.39 is 6.04 Å². The summed E-state index contributed by atoms with van der Waals surface area (Å²) in [5, 5.41) is 3.16. The minimum Gasteiger partial charge on any atom is -0.325 e. The maximum absolute atomic E-state index is 13.1. The number of benzene rings is 2. The Kier molecular flexibility index (Phi) is 6.23. The Morgan fingerprint density at radius 1 is 1.16 bits per heavy atom. The average Bonchev–Trinajstić information content (AvgIpc) is 3.10. The zero-order chi connectivity index (χ0) is 22.0. The van der Waals surface area contributed by atoms with Crippen molar-refractivity contribution in [2.24, 2.45) is 9.98 Å². The van der Waals surface area contributed by atoms with Crippen molar-refractivity contribution in [1.82, 2.24) is 4.90 Å². The van der Waals surface area contributed by atoms with Gasteiger partial charge in [-0.3, -0.25) is 14.6 Å². The second kappa shape index (κ2) is 9.06. The predicted octanol–water partition coefficient (Wildman–Crippen LogP) is 4.90. The molecular weight excluding hydrogens is 408 g/mol. The van der Waals surface area contributed by atoms with E-state index in [4.69, 9.17) is 9.98 Å². The largest absolute Gasteiger partial charge is 0.325 e. The molecular formula is C24H26N4O2S. The molecule has 2 aromatic rings. The number of rotatable bonds is 6. The number of thioether (sulfide) groups is 1. The van der Waals surface area contributed by atoms with Crippen LogP contribution in [0.1, 0.15) is 44.2 Å². The number of hydrogen-bond acceptors (Lipinski definition) is 5. The fourth-order valence-corrected chi connectivity index (χ4v) is 4.74. The topological polar surface area (TPSA) is 74.1 Å². The Morgan fingerprint density at radius 3 is 2.65 bits per heavy atom. The van der Waals surface area contributed by atoms with Crippen molar-refractivity contribution in [3.05, 3.63) is 59.7 Å². The molecule has 2 aromatic carbocycles. The van der Waals surface area contributed by atoms with Gasteiger partial charge in [-0.15, -0.1) is 0 Å². The normalized spacial score (nSPS) is 18.1. The van der Waals surface area contributed by atoms with Crippen LogP contribution in [0.25, 0.3) is 0 Å². The molecule has 0 aliphatic carbocycles. The van der Waals surface area contributed by atoms with Gasteiger partial charge in [0, 0.05) is 11.3 Å². The van der Waals surface area contributed by atoms with Gasteiger partial charge in [-0.2, -0.15) is 0 Å². The number of carbonyl (C=O) groups is 2. The first kappa shape index (κ1) is 21.3. The van der Waals surface area contributed by atoms with Crippen LogP contribution in [0.2, 0.25) is 0 Å². The van der Waals surface area contributed by atoms with Crippen LogP contribution in [0.5, 0.6) is 0 Å². The molecule has 0 aromatic heterocycles. The summed E-state index contributed by atoms with van der Waals surface area (Å²) in [5.41, 5.74) is 3.44. The maximum Gasteiger partial charge on any atom is 0.259 e. The Bertz CT molecular complexity index is 1080. The monoisotopic (exact) mass is 434 g/mol. The molecule has 6 nitrogen and oxygen atoms in total. The molecule has 0 saturated heterocycles. The molecule has 31 heavy (non-hydrogen) atoms. The van der Waals surface area contributed by atoms with Gasteiger partial charge >= 0.3 is 0 Å². The SMILES string of the molecule is CCC[C@@H]1N=C2c3ccccc3N=C(S[C@@H](CC)C(=O)Nc3ccccc3C)N2C1=O. The van der Waals surface area contributed by atoms with Gasteiger partial charge in [-0.25, -0.2) is 9.89 Å². The van der Waals surface area contributed by atoms with Gasteiger partial charge in [0.15, 0.2) is 5.17 Å². The van der Waals surface area contributed by atoms with Crippen LogP contribution in [-0.4, -0.2) is 39.0 Å². The molecule has 160 valence electrons. The number of amides is 2. The van der Waals surface area contributed by atoms with E-state index in [0.717, 1.165) is 28.9 Å². The highest BCUT2D eigenvalue weighted by Gasteiger charge is 2.42. The van der Waals surface area contributed by atoms with E-state index in [2.05, 4.69) is 5.32 Å². The van der Waals surface area contributed by atoms with E-state index in [-0.39, 0.29) is 17.1 Å². The Balaban J connectivity index is 1.62. The number of amidine groups is 2. The van der Waals surface area contributed by atoms with E-state index in [9.17, 15) is 9.59 Å². The van der Waals surface area contributed by atoms with Crippen molar-refractivity contribution >= 4 is 46.0 Å². The quantitative estimate of drug-likeness (QED) is 0.702. The van der Waals surface area contributed by atoms with Gasteiger partial charge in [-0.05, 0) is 43.5 Å². The summed E-state index contributed by atoms with van der Waals surface area (Å²) >= 11 is 1.32. The molecule has 4 rings (SSSR count). The molecule has 0 bridgehead atoms. The van der Waals surface area contributed by atoms with Crippen LogP contribution in [0.4, 0.5) is 11.4 Å². The number of carbonyl (C=O) groups excluding carboxylic acids is 2. The summed E-state index contributed by atoms with van der Waals surface area (Å²) in [4.78, 5) is 37.3. The minimum atomic E-state index is -0.391. The number of hydrogen-bond donors (Lipinski definition) is 1. The first-order chi connectivity index (χ1) is 15.0. The van der Waals surface area contributed by atoms with Gasteiger partial charge in [0.25, 0.3) is 5.91 Å². The highest BCUT2D eigenvalue weighted by molar-refractivity contribution is 8.15. The lowest BCUT2D eigenvalue weighted by molar-refractivity contribution is -0.124. The van der Waals surface area contributed by atoms with Gasteiger partial charge < -0.3 is 5.32 Å². The Hall–Kier alpha value is -2.93. The second-order valence-electron chi connectivity index (χ2n) is 7.66. The lowest BCUT2D eigenvalue weighted by Crippen LogP contribution is -2.42. The number of anilines is 1. The van der Waals surface area contributed by atoms with E-state index in [1.54, 1.807) is 4.90 Å². The van der Waals surface area contributed by atoms with Crippen LogP contribution in [0.3, 0.4) is 0 Å².